The third-order valence-electron chi connectivity index (χ3n) is 2.78. The fraction of sp³-hybridized carbons (Fsp3) is 0.385. The molecule has 0 radical (unpaired) electrons. The molecule has 0 aliphatic rings. The Kier molecular flexibility index (Phi) is 5.58. The van der Waals surface area contributed by atoms with E-state index in [0.29, 0.717) is 17.4 Å². The average Bonchev–Trinajstić information content (AvgIpc) is 2.97. The van der Waals surface area contributed by atoms with E-state index in [4.69, 9.17) is 16.7 Å². The van der Waals surface area contributed by atoms with Crippen molar-refractivity contribution in [2.75, 3.05) is 13.2 Å². The average molecular weight is 314 g/mol. The first-order valence-corrected chi connectivity index (χ1v) is 7.66. The number of nitrogens with one attached hydrogen (secondary N) is 1. The van der Waals surface area contributed by atoms with Crippen molar-refractivity contribution in [3.05, 3.63) is 28.5 Å². The summed E-state index contributed by atoms with van der Waals surface area (Å²) in [6.45, 7) is 0.807. The third-order valence-corrected chi connectivity index (χ3v) is 3.82. The van der Waals surface area contributed by atoms with Crippen molar-refractivity contribution in [2.24, 2.45) is 0 Å². The molecule has 0 aliphatic carbocycles. The number of nitrogens with zero attached hydrogens (tertiary/aromatic N) is 2. The van der Waals surface area contributed by atoms with Crippen molar-refractivity contribution >= 4 is 39.9 Å². The number of aromatic nitrogens is 2. The number of hydrogen-bond acceptors (Lipinski definition) is 4. The van der Waals surface area contributed by atoms with Crippen LogP contribution in [0.5, 0.6) is 0 Å². The molecule has 0 saturated carbocycles. The molecule has 2 heterocycles. The lowest BCUT2D eigenvalue weighted by Crippen LogP contribution is -2.22. The van der Waals surface area contributed by atoms with Crippen LogP contribution in [0.2, 0.25) is 5.15 Å². The van der Waals surface area contributed by atoms with Crippen molar-refractivity contribution in [1.29, 1.82) is 0 Å². The summed E-state index contributed by atoms with van der Waals surface area (Å²) in [7, 11) is 0. The van der Waals surface area contributed by atoms with E-state index < -0.39 is 0 Å². The molecule has 2 N–H and O–H groups in total. The number of imidazole rings is 1. The highest BCUT2D eigenvalue weighted by Crippen LogP contribution is 2.22. The lowest BCUT2D eigenvalue weighted by molar-refractivity contribution is -0.116. The number of thiazole rings is 1. The Bertz CT molecular complexity index is 606. The van der Waals surface area contributed by atoms with Gasteiger partial charge in [0, 0.05) is 30.8 Å². The normalized spacial score (nSPS) is 11.5. The molecular weight excluding hydrogens is 298 g/mol. The van der Waals surface area contributed by atoms with Crippen molar-refractivity contribution in [1.82, 2.24) is 14.7 Å². The van der Waals surface area contributed by atoms with E-state index >= 15 is 0 Å². The van der Waals surface area contributed by atoms with Gasteiger partial charge in [0.25, 0.3) is 0 Å². The minimum absolute atomic E-state index is 0.157. The van der Waals surface area contributed by atoms with Crippen LogP contribution < -0.4 is 5.32 Å². The molecule has 2 aromatic rings. The third kappa shape index (κ3) is 3.82. The summed E-state index contributed by atoms with van der Waals surface area (Å²) >= 11 is 7.51. The van der Waals surface area contributed by atoms with Gasteiger partial charge in [-0.1, -0.05) is 11.6 Å². The minimum atomic E-state index is -0.157. The van der Waals surface area contributed by atoms with Gasteiger partial charge in [0.15, 0.2) is 10.1 Å². The Morgan fingerprint density at radius 2 is 2.35 bits per heavy atom. The molecule has 0 aromatic carbocycles. The fourth-order valence-corrected chi connectivity index (χ4v) is 2.77. The van der Waals surface area contributed by atoms with Crippen LogP contribution in [-0.4, -0.2) is 33.6 Å². The molecule has 2 aromatic heterocycles. The Balaban J connectivity index is 1.87. The summed E-state index contributed by atoms with van der Waals surface area (Å²) in [5, 5.41) is 13.7. The van der Waals surface area contributed by atoms with Crippen LogP contribution in [0, 0.1) is 0 Å². The van der Waals surface area contributed by atoms with Gasteiger partial charge in [0.05, 0.1) is 5.69 Å². The number of aliphatic hydroxyl groups excluding tert-OH is 1. The van der Waals surface area contributed by atoms with Gasteiger partial charge in [-0.2, -0.15) is 0 Å². The summed E-state index contributed by atoms with van der Waals surface area (Å²) in [5.41, 5.74) is 0.707. The Morgan fingerprint density at radius 1 is 1.50 bits per heavy atom. The maximum absolute atomic E-state index is 11.6. The zero-order chi connectivity index (χ0) is 14.4. The van der Waals surface area contributed by atoms with Crippen LogP contribution in [0.1, 0.15) is 25.0 Å². The molecule has 108 valence electrons. The van der Waals surface area contributed by atoms with E-state index in [2.05, 4.69) is 10.3 Å². The van der Waals surface area contributed by atoms with Crippen LogP contribution in [0.15, 0.2) is 17.7 Å². The minimum Gasteiger partial charge on any atom is -0.396 e. The number of carbonyl (C=O) groups excluding carboxylic acids is 1. The number of halogens is 1. The number of unbranched alkanes of at least 4 members (excludes halogenated alkanes) is 2. The molecule has 0 spiro atoms. The van der Waals surface area contributed by atoms with Gasteiger partial charge in [-0.15, -0.1) is 11.3 Å². The molecule has 0 unspecified atom stereocenters. The zero-order valence-electron chi connectivity index (χ0n) is 10.9. The summed E-state index contributed by atoms with van der Waals surface area (Å²) in [6, 6.07) is 0. The largest absolute Gasteiger partial charge is 0.396 e. The molecule has 0 aliphatic heterocycles. The lowest BCUT2D eigenvalue weighted by atomic mass is 10.2. The van der Waals surface area contributed by atoms with E-state index in [0.717, 1.165) is 24.2 Å². The van der Waals surface area contributed by atoms with Crippen LogP contribution in [-0.2, 0) is 4.79 Å². The summed E-state index contributed by atoms with van der Waals surface area (Å²) in [5.74, 6) is -0.157. The van der Waals surface area contributed by atoms with Gasteiger partial charge in [-0.3, -0.25) is 9.20 Å². The zero-order valence-corrected chi connectivity index (χ0v) is 12.5. The molecular formula is C13H16ClN3O2S. The number of hydrogen-bond donors (Lipinski definition) is 2. The van der Waals surface area contributed by atoms with Crippen molar-refractivity contribution in [3.8, 4) is 0 Å². The number of aliphatic hydroxyl groups is 1. The smallest absolute Gasteiger partial charge is 0.244 e. The highest BCUT2D eigenvalue weighted by Gasteiger charge is 2.08. The molecule has 1 amide bonds. The number of amides is 1. The van der Waals surface area contributed by atoms with E-state index in [1.165, 1.54) is 17.4 Å². The summed E-state index contributed by atoms with van der Waals surface area (Å²) < 4.78 is 1.85. The quantitative estimate of drug-likeness (QED) is 0.609. The number of rotatable bonds is 7. The predicted octanol–water partition coefficient (Wildman–Crippen LogP) is 2.34. The highest BCUT2D eigenvalue weighted by atomic mass is 35.5. The van der Waals surface area contributed by atoms with Gasteiger partial charge in [0.2, 0.25) is 5.91 Å². The van der Waals surface area contributed by atoms with Crippen LogP contribution in [0.4, 0.5) is 0 Å². The summed E-state index contributed by atoms with van der Waals surface area (Å²) in [4.78, 5) is 16.6. The molecule has 20 heavy (non-hydrogen) atoms. The molecule has 2 rings (SSSR count). The maximum Gasteiger partial charge on any atom is 0.244 e. The van der Waals surface area contributed by atoms with Gasteiger partial charge < -0.3 is 10.4 Å². The van der Waals surface area contributed by atoms with Gasteiger partial charge in [-0.25, -0.2) is 4.98 Å². The van der Waals surface area contributed by atoms with Crippen LogP contribution >= 0.6 is 22.9 Å². The molecule has 7 heteroatoms. The van der Waals surface area contributed by atoms with E-state index in [-0.39, 0.29) is 12.5 Å². The van der Waals surface area contributed by atoms with E-state index in [1.54, 1.807) is 6.08 Å². The second kappa shape index (κ2) is 7.42. The first-order valence-electron chi connectivity index (χ1n) is 6.40. The van der Waals surface area contributed by atoms with Crippen molar-refractivity contribution in [3.63, 3.8) is 0 Å². The fourth-order valence-electron chi connectivity index (χ4n) is 1.76. The second-order valence-electron chi connectivity index (χ2n) is 4.25. The summed E-state index contributed by atoms with van der Waals surface area (Å²) in [6.07, 6.45) is 7.53. The first kappa shape index (κ1) is 15.0. The molecule has 0 saturated heterocycles. The van der Waals surface area contributed by atoms with Crippen molar-refractivity contribution in [2.45, 2.75) is 19.3 Å². The first-order chi connectivity index (χ1) is 9.72. The molecule has 5 nitrogen and oxygen atoms in total. The Morgan fingerprint density at radius 3 is 3.15 bits per heavy atom. The highest BCUT2D eigenvalue weighted by molar-refractivity contribution is 7.15. The van der Waals surface area contributed by atoms with Crippen LogP contribution in [0.25, 0.3) is 11.0 Å². The van der Waals surface area contributed by atoms with Crippen LogP contribution in [0.3, 0.4) is 0 Å². The standard InChI is InChI=1S/C13H16ClN3O2S/c14-12-10(17-7-9-20-13(17)16-12)4-5-11(19)15-6-2-1-3-8-18/h4-5,7,9,18H,1-3,6,8H2,(H,15,19)/b5-4+. The Labute approximate surface area is 125 Å². The predicted molar refractivity (Wildman–Crippen MR) is 81.1 cm³/mol. The van der Waals surface area contributed by atoms with Gasteiger partial charge >= 0.3 is 0 Å². The SMILES string of the molecule is O=C(/C=C/c1c(Cl)nc2sccn12)NCCCCCO. The molecule has 0 bridgehead atoms. The maximum atomic E-state index is 11.6. The monoisotopic (exact) mass is 313 g/mol. The molecule has 0 fully saturated rings. The van der Waals surface area contributed by atoms with Gasteiger partial charge in [0.1, 0.15) is 0 Å². The van der Waals surface area contributed by atoms with E-state index in [1.807, 2.05) is 16.0 Å². The number of fused-ring (bicyclic) bond motifs is 1. The van der Waals surface area contributed by atoms with Crippen molar-refractivity contribution < 1.29 is 9.90 Å². The topological polar surface area (TPSA) is 66.6 Å². The number of carbonyl (C=O) groups is 1. The van der Waals surface area contributed by atoms with Gasteiger partial charge in [-0.05, 0) is 25.3 Å². The molecule has 0 atom stereocenters. The second-order valence-corrected chi connectivity index (χ2v) is 5.48. The Hall–Kier alpha value is -1.37. The van der Waals surface area contributed by atoms with E-state index in [9.17, 15) is 4.79 Å². The lowest BCUT2D eigenvalue weighted by Gasteiger charge is -2.01.